The van der Waals surface area contributed by atoms with E-state index in [-0.39, 0.29) is 34.7 Å². The molecule has 1 saturated heterocycles. The average Bonchev–Trinajstić information content (AvgIpc) is 3.30. The number of hydrogen-bond acceptors (Lipinski definition) is 9. The number of carbonyl (C=O) groups is 2. The van der Waals surface area contributed by atoms with E-state index < -0.39 is 14.5 Å². The number of aryl methyl sites for hydroxylation is 1. The molecule has 0 aliphatic carbocycles. The lowest BCUT2D eigenvalue weighted by atomic mass is 10.00. The average molecular weight is 468 g/mol. The minimum atomic E-state index is -1.98. The van der Waals surface area contributed by atoms with Gasteiger partial charge in [-0.1, -0.05) is 45.2 Å². The van der Waals surface area contributed by atoms with Crippen LogP contribution in [0.1, 0.15) is 27.2 Å². The summed E-state index contributed by atoms with van der Waals surface area (Å²) in [5, 5.41) is 11.0. The number of fused-ring (bicyclic) bond motifs is 1. The molecule has 0 unspecified atom stereocenters. The lowest BCUT2D eigenvalue weighted by Crippen LogP contribution is -2.59. The van der Waals surface area contributed by atoms with Crippen molar-refractivity contribution >= 4 is 32.1 Å². The molecule has 0 N–H and O–H groups in total. The van der Waals surface area contributed by atoms with Gasteiger partial charge in [0.15, 0.2) is 8.32 Å². The number of nitrogens with zero attached hydrogens (tertiary/aromatic N) is 5. The molecule has 2 aliphatic heterocycles. The van der Waals surface area contributed by atoms with E-state index in [9.17, 15) is 9.59 Å². The Morgan fingerprint density at radius 1 is 1.39 bits per heavy atom. The molecule has 2 atom stereocenters. The maximum absolute atomic E-state index is 12.9. The van der Waals surface area contributed by atoms with E-state index in [0.717, 1.165) is 4.91 Å². The van der Waals surface area contributed by atoms with Crippen molar-refractivity contribution in [2.45, 2.75) is 57.2 Å². The molecular weight excluding hydrogens is 438 g/mol. The third kappa shape index (κ3) is 5.01. The van der Waals surface area contributed by atoms with Crippen LogP contribution in [0.4, 0.5) is 4.79 Å². The SMILES string of the molecule is C=CCOC(=O)OC1=C(CCn2cnnn2)S[C@@H]2[C@@H](CO[Si](C)(C)C(C)(C)C)C(=O)N12. The van der Waals surface area contributed by atoms with Gasteiger partial charge in [-0.2, -0.15) is 0 Å². The van der Waals surface area contributed by atoms with Crippen LogP contribution in [0.25, 0.3) is 0 Å². The Kier molecular flexibility index (Phi) is 6.91. The highest BCUT2D eigenvalue weighted by Gasteiger charge is 2.56. The van der Waals surface area contributed by atoms with Crippen molar-refractivity contribution in [1.29, 1.82) is 0 Å². The van der Waals surface area contributed by atoms with Gasteiger partial charge in [0.05, 0.1) is 5.92 Å². The van der Waals surface area contributed by atoms with E-state index in [2.05, 4.69) is 56.0 Å². The Labute approximate surface area is 187 Å². The van der Waals surface area contributed by atoms with Gasteiger partial charge in [0, 0.05) is 24.5 Å². The number of amides is 1. The molecule has 3 heterocycles. The smallest absolute Gasteiger partial charge is 0.430 e. The molecule has 2 aliphatic rings. The second-order valence-electron chi connectivity index (χ2n) is 8.90. The van der Waals surface area contributed by atoms with Gasteiger partial charge in [0.1, 0.15) is 18.3 Å². The largest absolute Gasteiger partial charge is 0.515 e. The van der Waals surface area contributed by atoms with Gasteiger partial charge in [-0.3, -0.25) is 9.69 Å². The van der Waals surface area contributed by atoms with Gasteiger partial charge in [-0.15, -0.1) is 5.10 Å². The van der Waals surface area contributed by atoms with Gasteiger partial charge in [-0.25, -0.2) is 9.48 Å². The summed E-state index contributed by atoms with van der Waals surface area (Å²) < 4.78 is 18.2. The van der Waals surface area contributed by atoms with Crippen molar-refractivity contribution in [2.24, 2.45) is 5.92 Å². The molecule has 170 valence electrons. The first-order chi connectivity index (χ1) is 14.5. The van der Waals surface area contributed by atoms with Crippen LogP contribution in [-0.4, -0.2) is 64.1 Å². The zero-order valence-electron chi connectivity index (χ0n) is 18.5. The van der Waals surface area contributed by atoms with Gasteiger partial charge in [0.2, 0.25) is 11.8 Å². The van der Waals surface area contributed by atoms with Gasteiger partial charge >= 0.3 is 6.16 Å². The lowest BCUT2D eigenvalue weighted by molar-refractivity contribution is -0.151. The molecule has 31 heavy (non-hydrogen) atoms. The van der Waals surface area contributed by atoms with Crippen molar-refractivity contribution in [1.82, 2.24) is 25.1 Å². The summed E-state index contributed by atoms with van der Waals surface area (Å²) in [7, 11) is -1.98. The summed E-state index contributed by atoms with van der Waals surface area (Å²) >= 11 is 1.51. The quantitative estimate of drug-likeness (QED) is 0.234. The van der Waals surface area contributed by atoms with E-state index in [0.29, 0.717) is 19.6 Å². The first-order valence-corrected chi connectivity index (χ1v) is 13.9. The first-order valence-electron chi connectivity index (χ1n) is 10.1. The third-order valence-electron chi connectivity index (χ3n) is 5.76. The van der Waals surface area contributed by atoms with E-state index in [1.165, 1.54) is 29.1 Å². The molecule has 3 rings (SSSR count). The summed E-state index contributed by atoms with van der Waals surface area (Å²) in [6.45, 7) is 15.2. The molecule has 0 spiro atoms. The zero-order valence-corrected chi connectivity index (χ0v) is 20.3. The maximum Gasteiger partial charge on any atom is 0.515 e. The summed E-state index contributed by atoms with van der Waals surface area (Å²) in [4.78, 5) is 27.3. The summed E-state index contributed by atoms with van der Waals surface area (Å²) in [5.41, 5.74) is 0. The fraction of sp³-hybridized carbons (Fsp3) is 0.632. The van der Waals surface area contributed by atoms with Crippen molar-refractivity contribution in [2.75, 3.05) is 13.2 Å². The molecule has 0 bridgehead atoms. The first kappa shape index (κ1) is 23.5. The number of β-lactam (4-membered cyclic amide) rings is 1. The molecular formula is C19H29N5O5SSi. The second-order valence-corrected chi connectivity index (χ2v) is 14.9. The van der Waals surface area contributed by atoms with Crippen LogP contribution in [0.3, 0.4) is 0 Å². The number of carbonyl (C=O) groups excluding carboxylic acids is 2. The number of aromatic nitrogens is 4. The molecule has 0 saturated carbocycles. The molecule has 1 fully saturated rings. The Morgan fingerprint density at radius 2 is 2.13 bits per heavy atom. The highest BCUT2D eigenvalue weighted by Crippen LogP contribution is 2.51. The number of rotatable bonds is 9. The number of ether oxygens (including phenoxy) is 2. The van der Waals surface area contributed by atoms with Crippen molar-refractivity contribution in [3.63, 3.8) is 0 Å². The highest BCUT2D eigenvalue weighted by molar-refractivity contribution is 8.04. The lowest BCUT2D eigenvalue weighted by Gasteiger charge is -2.44. The molecule has 1 aromatic heterocycles. The summed E-state index contributed by atoms with van der Waals surface area (Å²) in [6.07, 6.45) is 2.60. The predicted molar refractivity (Wildman–Crippen MR) is 117 cm³/mol. The third-order valence-corrected chi connectivity index (χ3v) is 11.7. The predicted octanol–water partition coefficient (Wildman–Crippen LogP) is 3.12. The molecule has 0 radical (unpaired) electrons. The van der Waals surface area contributed by atoms with Crippen molar-refractivity contribution in [3.05, 3.63) is 29.8 Å². The minimum Gasteiger partial charge on any atom is -0.430 e. The van der Waals surface area contributed by atoms with Gasteiger partial charge in [-0.05, 0) is 28.6 Å². The molecule has 12 heteroatoms. The topological polar surface area (TPSA) is 109 Å². The minimum absolute atomic E-state index is 0.0274. The fourth-order valence-electron chi connectivity index (χ4n) is 2.88. The summed E-state index contributed by atoms with van der Waals surface area (Å²) in [5.74, 6) is -0.168. The van der Waals surface area contributed by atoms with Crippen LogP contribution in [0.5, 0.6) is 0 Å². The molecule has 1 amide bonds. The maximum atomic E-state index is 12.9. The molecule has 1 aromatic rings. The Hall–Kier alpha value is -2.18. The van der Waals surface area contributed by atoms with E-state index in [1.807, 2.05) is 0 Å². The van der Waals surface area contributed by atoms with Crippen LogP contribution in [0.15, 0.2) is 29.8 Å². The van der Waals surface area contributed by atoms with Crippen molar-refractivity contribution < 1.29 is 23.5 Å². The van der Waals surface area contributed by atoms with E-state index >= 15 is 0 Å². The highest BCUT2D eigenvalue weighted by atomic mass is 32.2. The van der Waals surface area contributed by atoms with Gasteiger partial charge < -0.3 is 13.9 Å². The Balaban J connectivity index is 1.70. The van der Waals surface area contributed by atoms with Crippen LogP contribution >= 0.6 is 11.8 Å². The number of tetrazole rings is 1. The van der Waals surface area contributed by atoms with Crippen LogP contribution < -0.4 is 0 Å². The van der Waals surface area contributed by atoms with E-state index in [1.54, 1.807) is 4.68 Å². The number of hydrogen-bond donors (Lipinski definition) is 0. The molecule has 0 aromatic carbocycles. The van der Waals surface area contributed by atoms with Crippen LogP contribution in [0.2, 0.25) is 18.1 Å². The zero-order chi connectivity index (χ0) is 22.8. The number of thioether (sulfide) groups is 1. The standard InChI is InChI=1S/C19H29N5O5SSi/c1-7-10-27-18(26)29-16-14(8-9-23-12-20-21-22-23)30-17-13(15(25)24(16)17)11-28-31(5,6)19(2,3)4/h7,12-13,17H,1,8-11H2,2-6H3/t13-,17+/m0/s1. The Morgan fingerprint density at radius 3 is 2.74 bits per heavy atom. The fourth-order valence-corrected chi connectivity index (χ4v) is 5.31. The molecule has 10 nitrogen and oxygen atoms in total. The second kappa shape index (κ2) is 9.13. The number of allylic oxidation sites excluding steroid dienone is 1. The summed E-state index contributed by atoms with van der Waals surface area (Å²) in [6, 6.07) is 0. The van der Waals surface area contributed by atoms with Crippen molar-refractivity contribution in [3.8, 4) is 0 Å². The Bertz CT molecular complexity index is 868. The normalized spacial score (nSPS) is 21.1. The van der Waals surface area contributed by atoms with Gasteiger partial charge in [0.25, 0.3) is 0 Å². The van der Waals surface area contributed by atoms with Crippen LogP contribution in [0, 0.1) is 5.92 Å². The van der Waals surface area contributed by atoms with Crippen LogP contribution in [-0.2, 0) is 25.2 Å². The van der Waals surface area contributed by atoms with E-state index in [4.69, 9.17) is 13.9 Å². The monoisotopic (exact) mass is 467 g/mol.